The number of carbonyl (C=O) groups excluding carboxylic acids is 1. The standard InChI is InChI=1S/C10H13N3O3/c11-8(10(15)16)5-6-1-3-7(4-2-6)9(14)13-12/h1-4,8H,5,11-12H2,(H,13,14)(H,15,16)/t8-/m1/s1. The van der Waals surface area contributed by atoms with Crippen LogP contribution in [0.25, 0.3) is 0 Å². The highest BCUT2D eigenvalue weighted by Crippen LogP contribution is 2.06. The zero-order valence-corrected chi connectivity index (χ0v) is 8.51. The molecule has 1 rings (SSSR count). The Morgan fingerprint density at radius 2 is 1.88 bits per heavy atom. The molecule has 0 saturated carbocycles. The zero-order valence-electron chi connectivity index (χ0n) is 8.51. The molecule has 1 aromatic rings. The third-order valence-corrected chi connectivity index (χ3v) is 2.12. The van der Waals surface area contributed by atoms with E-state index in [9.17, 15) is 9.59 Å². The van der Waals surface area contributed by atoms with Crippen molar-refractivity contribution >= 4 is 11.9 Å². The van der Waals surface area contributed by atoms with E-state index in [2.05, 4.69) is 0 Å². The Hall–Kier alpha value is -1.92. The molecule has 6 N–H and O–H groups in total. The summed E-state index contributed by atoms with van der Waals surface area (Å²) in [6.07, 6.45) is 0.222. The summed E-state index contributed by atoms with van der Waals surface area (Å²) in [7, 11) is 0. The number of nitrogen functional groups attached to an aromatic ring is 1. The van der Waals surface area contributed by atoms with Gasteiger partial charge in [-0.05, 0) is 24.1 Å². The van der Waals surface area contributed by atoms with Crippen molar-refractivity contribution in [2.24, 2.45) is 11.6 Å². The van der Waals surface area contributed by atoms with Crippen LogP contribution in [-0.4, -0.2) is 23.0 Å². The molecule has 1 amide bonds. The van der Waals surface area contributed by atoms with Crippen LogP contribution in [0.4, 0.5) is 0 Å². The van der Waals surface area contributed by atoms with Crippen LogP contribution in [-0.2, 0) is 11.2 Å². The van der Waals surface area contributed by atoms with Gasteiger partial charge in [0.25, 0.3) is 5.91 Å². The Kier molecular flexibility index (Phi) is 3.98. The van der Waals surface area contributed by atoms with Gasteiger partial charge in [-0.15, -0.1) is 0 Å². The quantitative estimate of drug-likeness (QED) is 0.304. The van der Waals surface area contributed by atoms with Crippen LogP contribution < -0.4 is 17.0 Å². The second kappa shape index (κ2) is 5.24. The van der Waals surface area contributed by atoms with E-state index in [0.29, 0.717) is 5.56 Å². The van der Waals surface area contributed by atoms with Gasteiger partial charge in [0.1, 0.15) is 6.04 Å². The molecule has 0 aliphatic heterocycles. The number of carboxylic acids is 1. The molecule has 0 radical (unpaired) electrons. The Balaban J connectivity index is 2.72. The van der Waals surface area contributed by atoms with Crippen LogP contribution in [0.3, 0.4) is 0 Å². The summed E-state index contributed by atoms with van der Waals surface area (Å²) < 4.78 is 0. The smallest absolute Gasteiger partial charge is 0.320 e. The van der Waals surface area contributed by atoms with Crippen molar-refractivity contribution in [1.82, 2.24) is 5.43 Å². The van der Waals surface area contributed by atoms with Crippen LogP contribution in [0.5, 0.6) is 0 Å². The number of nitrogens with one attached hydrogen (secondary N) is 1. The molecular formula is C10H13N3O3. The Labute approximate surface area is 92.2 Å². The number of nitrogens with two attached hydrogens (primary N) is 2. The minimum absolute atomic E-state index is 0.222. The van der Waals surface area contributed by atoms with Gasteiger partial charge in [-0.1, -0.05) is 12.1 Å². The van der Waals surface area contributed by atoms with E-state index >= 15 is 0 Å². The largest absolute Gasteiger partial charge is 0.480 e. The van der Waals surface area contributed by atoms with Crippen molar-refractivity contribution in [2.45, 2.75) is 12.5 Å². The van der Waals surface area contributed by atoms with Gasteiger partial charge < -0.3 is 10.8 Å². The van der Waals surface area contributed by atoms with E-state index in [1.165, 1.54) is 0 Å². The Morgan fingerprint density at radius 1 is 1.31 bits per heavy atom. The van der Waals surface area contributed by atoms with Crippen LogP contribution in [0, 0.1) is 0 Å². The number of aliphatic carboxylic acids is 1. The first-order valence-corrected chi connectivity index (χ1v) is 4.63. The molecule has 0 spiro atoms. The maximum absolute atomic E-state index is 11.1. The monoisotopic (exact) mass is 223 g/mol. The van der Waals surface area contributed by atoms with E-state index < -0.39 is 17.9 Å². The van der Waals surface area contributed by atoms with E-state index in [1.54, 1.807) is 24.3 Å². The molecule has 0 fully saturated rings. The fourth-order valence-electron chi connectivity index (χ4n) is 1.22. The van der Waals surface area contributed by atoms with Crippen LogP contribution in [0.1, 0.15) is 15.9 Å². The fourth-order valence-corrected chi connectivity index (χ4v) is 1.22. The predicted octanol–water partition coefficient (Wildman–Crippen LogP) is -0.755. The molecule has 0 saturated heterocycles. The maximum atomic E-state index is 11.1. The third kappa shape index (κ3) is 3.04. The number of carboxylic acid groups (broad SMARTS) is 1. The first-order chi connectivity index (χ1) is 7.54. The minimum atomic E-state index is -1.05. The second-order valence-corrected chi connectivity index (χ2v) is 3.32. The molecule has 0 aliphatic rings. The van der Waals surface area contributed by atoms with Gasteiger partial charge in [-0.3, -0.25) is 15.0 Å². The summed E-state index contributed by atoms with van der Waals surface area (Å²) >= 11 is 0. The summed E-state index contributed by atoms with van der Waals surface area (Å²) in [4.78, 5) is 21.6. The summed E-state index contributed by atoms with van der Waals surface area (Å²) in [6.45, 7) is 0. The maximum Gasteiger partial charge on any atom is 0.320 e. The van der Waals surface area contributed by atoms with Gasteiger partial charge >= 0.3 is 5.97 Å². The van der Waals surface area contributed by atoms with Crippen molar-refractivity contribution in [1.29, 1.82) is 0 Å². The Bertz CT molecular complexity index is 389. The molecule has 6 nitrogen and oxygen atoms in total. The van der Waals surface area contributed by atoms with Gasteiger partial charge in [0, 0.05) is 5.56 Å². The van der Waals surface area contributed by atoms with Gasteiger partial charge in [0.15, 0.2) is 0 Å². The molecule has 86 valence electrons. The van der Waals surface area contributed by atoms with E-state index in [1.807, 2.05) is 5.43 Å². The first-order valence-electron chi connectivity index (χ1n) is 4.63. The van der Waals surface area contributed by atoms with Gasteiger partial charge in [-0.25, -0.2) is 5.84 Å². The van der Waals surface area contributed by atoms with Crippen LogP contribution in [0.15, 0.2) is 24.3 Å². The molecule has 1 aromatic carbocycles. The average molecular weight is 223 g/mol. The van der Waals surface area contributed by atoms with E-state index in [0.717, 1.165) is 5.56 Å². The highest BCUT2D eigenvalue weighted by molar-refractivity contribution is 5.93. The summed E-state index contributed by atoms with van der Waals surface area (Å²) in [5.74, 6) is 3.52. The molecule has 0 aliphatic carbocycles. The molecule has 0 heterocycles. The number of benzene rings is 1. The Morgan fingerprint density at radius 3 is 2.31 bits per heavy atom. The van der Waals surface area contributed by atoms with Crippen molar-refractivity contribution in [3.05, 3.63) is 35.4 Å². The highest BCUT2D eigenvalue weighted by atomic mass is 16.4. The molecule has 0 unspecified atom stereocenters. The number of hydrazine groups is 1. The second-order valence-electron chi connectivity index (χ2n) is 3.32. The van der Waals surface area contributed by atoms with Crippen molar-refractivity contribution in [3.63, 3.8) is 0 Å². The summed E-state index contributed by atoms with van der Waals surface area (Å²) in [5.41, 5.74) is 8.54. The lowest BCUT2D eigenvalue weighted by Crippen LogP contribution is -2.32. The lowest BCUT2D eigenvalue weighted by Gasteiger charge is -2.06. The average Bonchev–Trinajstić information content (AvgIpc) is 2.28. The number of hydrogen-bond donors (Lipinski definition) is 4. The molecule has 0 bridgehead atoms. The van der Waals surface area contributed by atoms with Gasteiger partial charge in [0.2, 0.25) is 0 Å². The van der Waals surface area contributed by atoms with E-state index in [4.69, 9.17) is 16.7 Å². The molecule has 0 aromatic heterocycles. The lowest BCUT2D eigenvalue weighted by molar-refractivity contribution is -0.138. The SMILES string of the molecule is NNC(=O)c1ccc(C[C@@H](N)C(=O)O)cc1. The first kappa shape index (κ1) is 12.2. The third-order valence-electron chi connectivity index (χ3n) is 2.12. The van der Waals surface area contributed by atoms with Gasteiger partial charge in [0.05, 0.1) is 0 Å². The van der Waals surface area contributed by atoms with Crippen LogP contribution in [0.2, 0.25) is 0 Å². The molecular weight excluding hydrogens is 210 g/mol. The normalized spacial score (nSPS) is 11.9. The van der Waals surface area contributed by atoms with E-state index in [-0.39, 0.29) is 6.42 Å². The molecule has 1 atom stereocenters. The zero-order chi connectivity index (χ0) is 12.1. The predicted molar refractivity (Wildman–Crippen MR) is 57.4 cm³/mol. The van der Waals surface area contributed by atoms with Crippen molar-refractivity contribution < 1.29 is 14.7 Å². The van der Waals surface area contributed by atoms with Crippen LogP contribution >= 0.6 is 0 Å². The molecule has 6 heteroatoms. The lowest BCUT2D eigenvalue weighted by atomic mass is 10.0. The number of hydrogen-bond acceptors (Lipinski definition) is 4. The summed E-state index contributed by atoms with van der Waals surface area (Å²) in [5, 5.41) is 8.62. The van der Waals surface area contributed by atoms with Gasteiger partial charge in [-0.2, -0.15) is 0 Å². The van der Waals surface area contributed by atoms with Crippen molar-refractivity contribution in [2.75, 3.05) is 0 Å². The van der Waals surface area contributed by atoms with Crippen molar-refractivity contribution in [3.8, 4) is 0 Å². The fraction of sp³-hybridized carbons (Fsp3) is 0.200. The topological polar surface area (TPSA) is 118 Å². The highest BCUT2D eigenvalue weighted by Gasteiger charge is 2.12. The summed E-state index contributed by atoms with van der Waals surface area (Å²) in [6, 6.07) is 5.48. The minimum Gasteiger partial charge on any atom is -0.480 e. The molecule has 16 heavy (non-hydrogen) atoms. The number of amides is 1. The number of rotatable bonds is 4. The number of carbonyl (C=O) groups is 2.